The van der Waals surface area contributed by atoms with Gasteiger partial charge in [0.25, 0.3) is 0 Å². The van der Waals surface area contributed by atoms with E-state index >= 15 is 0 Å². The molecule has 1 saturated heterocycles. The zero-order chi connectivity index (χ0) is 12.8. The highest BCUT2D eigenvalue weighted by Gasteiger charge is 2.28. The van der Waals surface area contributed by atoms with Gasteiger partial charge in [0.1, 0.15) is 0 Å². The molecule has 0 spiro atoms. The molecule has 1 fully saturated rings. The van der Waals surface area contributed by atoms with Gasteiger partial charge in [0, 0.05) is 40.7 Å². The van der Waals surface area contributed by atoms with Crippen molar-refractivity contribution >= 4 is 11.8 Å². The number of hydrogen-bond donors (Lipinski definition) is 2. The summed E-state index contributed by atoms with van der Waals surface area (Å²) < 4.78 is 5.16. The Kier molecular flexibility index (Phi) is 5.37. The summed E-state index contributed by atoms with van der Waals surface area (Å²) in [5.41, 5.74) is 0. The predicted octanol–water partition coefficient (Wildman–Crippen LogP) is -1.04. The SMILES string of the molecule is COC1CNC(C(=O)NCCC(=O)N(C)C)C1. The van der Waals surface area contributed by atoms with Crippen LogP contribution in [0.3, 0.4) is 0 Å². The van der Waals surface area contributed by atoms with Crippen molar-refractivity contribution in [3.05, 3.63) is 0 Å². The Morgan fingerprint density at radius 2 is 2.18 bits per heavy atom. The van der Waals surface area contributed by atoms with E-state index in [1.54, 1.807) is 21.2 Å². The molecule has 2 atom stereocenters. The Labute approximate surface area is 102 Å². The van der Waals surface area contributed by atoms with Crippen LogP contribution in [-0.4, -0.2) is 63.2 Å². The van der Waals surface area contributed by atoms with E-state index in [4.69, 9.17) is 4.74 Å². The minimum Gasteiger partial charge on any atom is -0.380 e. The monoisotopic (exact) mass is 243 g/mol. The standard InChI is InChI=1S/C11H21N3O3/c1-14(2)10(15)4-5-12-11(16)9-6-8(17-3)7-13-9/h8-9,13H,4-7H2,1-3H3,(H,12,16). The molecule has 98 valence electrons. The summed E-state index contributed by atoms with van der Waals surface area (Å²) in [7, 11) is 5.04. The lowest BCUT2D eigenvalue weighted by atomic mass is 10.2. The number of nitrogens with one attached hydrogen (secondary N) is 2. The Balaban J connectivity index is 2.20. The number of rotatable bonds is 5. The second-order valence-corrected chi connectivity index (χ2v) is 4.38. The number of amides is 2. The molecule has 0 aromatic carbocycles. The zero-order valence-corrected chi connectivity index (χ0v) is 10.7. The van der Waals surface area contributed by atoms with E-state index < -0.39 is 0 Å². The minimum atomic E-state index is -0.200. The van der Waals surface area contributed by atoms with E-state index in [2.05, 4.69) is 10.6 Å². The fraction of sp³-hybridized carbons (Fsp3) is 0.818. The molecule has 0 aromatic rings. The summed E-state index contributed by atoms with van der Waals surface area (Å²) in [6, 6.07) is -0.200. The zero-order valence-electron chi connectivity index (χ0n) is 10.7. The van der Waals surface area contributed by atoms with E-state index in [0.29, 0.717) is 25.9 Å². The number of nitrogens with zero attached hydrogens (tertiary/aromatic N) is 1. The van der Waals surface area contributed by atoms with Gasteiger partial charge in [0.2, 0.25) is 11.8 Å². The van der Waals surface area contributed by atoms with Gasteiger partial charge in [-0.3, -0.25) is 9.59 Å². The average molecular weight is 243 g/mol. The largest absolute Gasteiger partial charge is 0.380 e. The third kappa shape index (κ3) is 4.32. The van der Waals surface area contributed by atoms with Crippen molar-refractivity contribution in [2.45, 2.75) is 25.0 Å². The van der Waals surface area contributed by atoms with Gasteiger partial charge in [-0.25, -0.2) is 0 Å². The fourth-order valence-electron chi connectivity index (χ4n) is 1.72. The molecular weight excluding hydrogens is 222 g/mol. The highest BCUT2D eigenvalue weighted by atomic mass is 16.5. The quantitative estimate of drug-likeness (QED) is 0.647. The Morgan fingerprint density at radius 1 is 1.47 bits per heavy atom. The summed E-state index contributed by atoms with van der Waals surface area (Å²) in [4.78, 5) is 24.5. The first-order chi connectivity index (χ1) is 8.04. The number of methoxy groups -OCH3 is 1. The molecule has 2 N–H and O–H groups in total. The van der Waals surface area contributed by atoms with Crippen molar-refractivity contribution in [3.8, 4) is 0 Å². The van der Waals surface area contributed by atoms with E-state index in [1.165, 1.54) is 4.90 Å². The molecule has 6 nitrogen and oxygen atoms in total. The van der Waals surface area contributed by atoms with Crippen LogP contribution >= 0.6 is 0 Å². The van der Waals surface area contributed by atoms with Crippen LogP contribution in [0.1, 0.15) is 12.8 Å². The second-order valence-electron chi connectivity index (χ2n) is 4.38. The summed E-state index contributed by atoms with van der Waals surface area (Å²) in [6.45, 7) is 1.08. The van der Waals surface area contributed by atoms with Crippen LogP contribution in [0.2, 0.25) is 0 Å². The molecule has 2 amide bonds. The van der Waals surface area contributed by atoms with E-state index in [1.807, 2.05) is 0 Å². The maximum absolute atomic E-state index is 11.7. The molecule has 1 aliphatic rings. The van der Waals surface area contributed by atoms with Crippen LogP contribution in [0, 0.1) is 0 Å². The molecule has 0 saturated carbocycles. The van der Waals surface area contributed by atoms with Crippen LogP contribution in [0.25, 0.3) is 0 Å². The third-order valence-electron chi connectivity index (χ3n) is 2.88. The third-order valence-corrected chi connectivity index (χ3v) is 2.88. The molecule has 0 aliphatic carbocycles. The number of hydrogen-bond acceptors (Lipinski definition) is 4. The normalized spacial score (nSPS) is 23.5. The Bertz CT molecular complexity index is 281. The topological polar surface area (TPSA) is 70.7 Å². The maximum atomic E-state index is 11.7. The molecule has 6 heteroatoms. The van der Waals surface area contributed by atoms with Gasteiger partial charge in [0.15, 0.2) is 0 Å². The van der Waals surface area contributed by atoms with Gasteiger partial charge < -0.3 is 20.3 Å². The molecule has 17 heavy (non-hydrogen) atoms. The van der Waals surface area contributed by atoms with Gasteiger partial charge >= 0.3 is 0 Å². The highest BCUT2D eigenvalue weighted by Crippen LogP contribution is 2.09. The smallest absolute Gasteiger partial charge is 0.237 e. The number of ether oxygens (including phenoxy) is 1. The van der Waals surface area contributed by atoms with Crippen LogP contribution in [0.4, 0.5) is 0 Å². The van der Waals surface area contributed by atoms with Crippen molar-refractivity contribution in [1.82, 2.24) is 15.5 Å². The summed E-state index contributed by atoms with van der Waals surface area (Å²) in [5, 5.41) is 5.84. The summed E-state index contributed by atoms with van der Waals surface area (Å²) >= 11 is 0. The molecule has 1 heterocycles. The van der Waals surface area contributed by atoms with Gasteiger partial charge in [0.05, 0.1) is 12.1 Å². The summed E-state index contributed by atoms with van der Waals surface area (Å²) in [5.74, 6) is -0.0458. The lowest BCUT2D eigenvalue weighted by Crippen LogP contribution is -2.41. The number of carbonyl (C=O) groups is 2. The molecule has 2 unspecified atom stereocenters. The Morgan fingerprint density at radius 3 is 2.71 bits per heavy atom. The Hall–Kier alpha value is -1.14. The minimum absolute atomic E-state index is 0.0134. The van der Waals surface area contributed by atoms with E-state index in [0.717, 1.165) is 0 Å². The molecule has 1 aliphatic heterocycles. The van der Waals surface area contributed by atoms with Crippen LogP contribution in [-0.2, 0) is 14.3 Å². The molecule has 0 aromatic heterocycles. The first kappa shape index (κ1) is 13.9. The lowest BCUT2D eigenvalue weighted by molar-refractivity contribution is -0.128. The van der Waals surface area contributed by atoms with Gasteiger partial charge in [-0.05, 0) is 6.42 Å². The van der Waals surface area contributed by atoms with Crippen LogP contribution < -0.4 is 10.6 Å². The van der Waals surface area contributed by atoms with Crippen molar-refractivity contribution in [2.24, 2.45) is 0 Å². The summed E-state index contributed by atoms with van der Waals surface area (Å²) in [6.07, 6.45) is 1.12. The van der Waals surface area contributed by atoms with Crippen LogP contribution in [0.5, 0.6) is 0 Å². The fourth-order valence-corrected chi connectivity index (χ4v) is 1.72. The maximum Gasteiger partial charge on any atom is 0.237 e. The molecule has 0 bridgehead atoms. The van der Waals surface area contributed by atoms with Crippen molar-refractivity contribution in [2.75, 3.05) is 34.3 Å². The first-order valence-corrected chi connectivity index (χ1v) is 5.78. The van der Waals surface area contributed by atoms with Gasteiger partial charge in [-0.15, -0.1) is 0 Å². The molecular formula is C11H21N3O3. The number of carbonyl (C=O) groups excluding carboxylic acids is 2. The lowest BCUT2D eigenvalue weighted by Gasteiger charge is -2.13. The molecule has 1 rings (SSSR count). The van der Waals surface area contributed by atoms with Gasteiger partial charge in [-0.1, -0.05) is 0 Å². The van der Waals surface area contributed by atoms with Crippen LogP contribution in [0.15, 0.2) is 0 Å². The predicted molar refractivity (Wildman–Crippen MR) is 63.5 cm³/mol. The van der Waals surface area contributed by atoms with E-state index in [-0.39, 0.29) is 24.0 Å². The first-order valence-electron chi connectivity index (χ1n) is 5.78. The van der Waals surface area contributed by atoms with Crippen molar-refractivity contribution in [1.29, 1.82) is 0 Å². The van der Waals surface area contributed by atoms with Crippen molar-refractivity contribution in [3.63, 3.8) is 0 Å². The highest BCUT2D eigenvalue weighted by molar-refractivity contribution is 5.83. The molecule has 0 radical (unpaired) electrons. The van der Waals surface area contributed by atoms with E-state index in [9.17, 15) is 9.59 Å². The average Bonchev–Trinajstić information content (AvgIpc) is 2.77. The van der Waals surface area contributed by atoms with Gasteiger partial charge in [-0.2, -0.15) is 0 Å². The second kappa shape index (κ2) is 6.56. The van der Waals surface area contributed by atoms with Crippen molar-refractivity contribution < 1.29 is 14.3 Å².